The Bertz CT molecular complexity index is 1050. The summed E-state index contributed by atoms with van der Waals surface area (Å²) < 4.78 is 54.0. The van der Waals surface area contributed by atoms with Crippen molar-refractivity contribution in [3.63, 3.8) is 0 Å². The Balaban J connectivity index is 1.47. The molecule has 2 aromatic rings. The fraction of sp³-hybridized carbons (Fsp3) is 0.364. The molecule has 2 aliphatic heterocycles. The summed E-state index contributed by atoms with van der Waals surface area (Å²) in [6.45, 7) is 2.36. The molecule has 4 rings (SSSR count). The van der Waals surface area contributed by atoms with E-state index in [1.807, 2.05) is 23.4 Å². The molecule has 8 nitrogen and oxygen atoms in total. The summed E-state index contributed by atoms with van der Waals surface area (Å²) in [6.07, 6.45) is 2.58. The highest BCUT2D eigenvalue weighted by atomic mass is 19.4. The fourth-order valence-electron chi connectivity index (χ4n) is 3.55. The van der Waals surface area contributed by atoms with Crippen molar-refractivity contribution in [2.45, 2.75) is 6.36 Å². The maximum absolute atomic E-state index is 12.4. The van der Waals surface area contributed by atoms with Gasteiger partial charge in [-0.25, -0.2) is 0 Å². The number of ether oxygens (including phenoxy) is 3. The molecule has 1 aromatic carbocycles. The number of amides is 1. The van der Waals surface area contributed by atoms with Gasteiger partial charge >= 0.3 is 6.36 Å². The molecular formula is C22H23F3N4O4. The normalized spacial score (nSPS) is 17.0. The molecule has 1 saturated heterocycles. The van der Waals surface area contributed by atoms with Crippen molar-refractivity contribution in [1.82, 2.24) is 14.7 Å². The van der Waals surface area contributed by atoms with Crippen LogP contribution in [-0.4, -0.2) is 66.4 Å². The van der Waals surface area contributed by atoms with Gasteiger partial charge in [-0.3, -0.25) is 9.48 Å². The second-order valence-electron chi connectivity index (χ2n) is 7.49. The summed E-state index contributed by atoms with van der Waals surface area (Å²) in [5, 5.41) is 4.22. The summed E-state index contributed by atoms with van der Waals surface area (Å²) in [5.74, 6) is 0.309. The molecule has 0 N–H and O–H groups in total. The van der Waals surface area contributed by atoms with Gasteiger partial charge in [0.15, 0.2) is 0 Å². The molecule has 1 fully saturated rings. The van der Waals surface area contributed by atoms with Gasteiger partial charge in [0.1, 0.15) is 24.7 Å². The average Bonchev–Trinajstić information content (AvgIpc) is 3.21. The summed E-state index contributed by atoms with van der Waals surface area (Å²) in [5.41, 5.74) is 2.30. The van der Waals surface area contributed by atoms with E-state index in [0.29, 0.717) is 44.3 Å². The Morgan fingerprint density at radius 1 is 1.21 bits per heavy atom. The third-order valence-electron chi connectivity index (χ3n) is 5.14. The number of alkyl halides is 3. The SMILES string of the molecule is Cn1cc(C2=CN(c3ccc(OC(F)(F)F)cc3)CC=C2OCCN2CCOCC2=O)cn1. The van der Waals surface area contributed by atoms with Crippen molar-refractivity contribution >= 4 is 17.2 Å². The molecule has 1 aromatic heterocycles. The van der Waals surface area contributed by atoms with Crippen LogP contribution < -0.4 is 9.64 Å². The summed E-state index contributed by atoms with van der Waals surface area (Å²) in [7, 11) is 1.80. The summed E-state index contributed by atoms with van der Waals surface area (Å²) >= 11 is 0. The number of aromatic nitrogens is 2. The lowest BCUT2D eigenvalue weighted by Crippen LogP contribution is -2.43. The highest BCUT2D eigenvalue weighted by Gasteiger charge is 2.31. The van der Waals surface area contributed by atoms with Crippen molar-refractivity contribution in [1.29, 1.82) is 0 Å². The fourth-order valence-corrected chi connectivity index (χ4v) is 3.55. The molecular weight excluding hydrogens is 441 g/mol. The van der Waals surface area contributed by atoms with E-state index in [-0.39, 0.29) is 18.3 Å². The lowest BCUT2D eigenvalue weighted by atomic mass is 10.1. The molecule has 1 amide bonds. The van der Waals surface area contributed by atoms with Crippen LogP contribution in [0.2, 0.25) is 0 Å². The van der Waals surface area contributed by atoms with Crippen LogP contribution in [0.15, 0.2) is 54.7 Å². The van der Waals surface area contributed by atoms with Gasteiger partial charge in [0, 0.05) is 49.4 Å². The first-order valence-electron chi connectivity index (χ1n) is 10.3. The van der Waals surface area contributed by atoms with E-state index in [0.717, 1.165) is 11.1 Å². The monoisotopic (exact) mass is 464 g/mol. The lowest BCUT2D eigenvalue weighted by Gasteiger charge is -2.29. The number of anilines is 1. The molecule has 3 heterocycles. The second-order valence-corrected chi connectivity index (χ2v) is 7.49. The molecule has 2 aliphatic rings. The number of nitrogens with zero attached hydrogens (tertiary/aromatic N) is 4. The van der Waals surface area contributed by atoms with Gasteiger partial charge in [0.25, 0.3) is 0 Å². The lowest BCUT2D eigenvalue weighted by molar-refractivity contribution is -0.274. The Kier molecular flexibility index (Phi) is 6.59. The number of carbonyl (C=O) groups excluding carboxylic acids is 1. The van der Waals surface area contributed by atoms with Gasteiger partial charge in [-0.05, 0) is 30.3 Å². The molecule has 176 valence electrons. The van der Waals surface area contributed by atoms with Crippen molar-refractivity contribution in [2.24, 2.45) is 7.05 Å². The highest BCUT2D eigenvalue weighted by molar-refractivity contribution is 5.80. The van der Waals surface area contributed by atoms with Crippen LogP contribution in [-0.2, 0) is 21.3 Å². The van der Waals surface area contributed by atoms with Gasteiger partial charge in [-0.1, -0.05) is 0 Å². The molecule has 0 aliphatic carbocycles. The van der Waals surface area contributed by atoms with Gasteiger partial charge in [0.2, 0.25) is 5.91 Å². The number of hydrogen-bond acceptors (Lipinski definition) is 6. The smallest absolute Gasteiger partial charge is 0.491 e. The van der Waals surface area contributed by atoms with Crippen LogP contribution in [0.25, 0.3) is 5.57 Å². The molecule has 0 saturated carbocycles. The number of benzene rings is 1. The Hall–Kier alpha value is -3.47. The Morgan fingerprint density at radius 2 is 2.00 bits per heavy atom. The van der Waals surface area contributed by atoms with Gasteiger partial charge in [0.05, 0.1) is 19.3 Å². The third kappa shape index (κ3) is 5.86. The molecule has 33 heavy (non-hydrogen) atoms. The van der Waals surface area contributed by atoms with Crippen molar-refractivity contribution in [3.8, 4) is 5.75 Å². The molecule has 0 atom stereocenters. The van der Waals surface area contributed by atoms with E-state index in [2.05, 4.69) is 9.84 Å². The van der Waals surface area contributed by atoms with Gasteiger partial charge in [-0.2, -0.15) is 5.10 Å². The molecule has 11 heteroatoms. The number of rotatable bonds is 7. The van der Waals surface area contributed by atoms with E-state index in [4.69, 9.17) is 9.47 Å². The zero-order valence-electron chi connectivity index (χ0n) is 17.9. The van der Waals surface area contributed by atoms with Crippen LogP contribution in [0.4, 0.5) is 18.9 Å². The number of allylic oxidation sites excluding steroid dienone is 1. The van der Waals surface area contributed by atoms with Crippen molar-refractivity contribution in [2.75, 3.05) is 44.4 Å². The number of halogens is 3. The number of hydrogen-bond donors (Lipinski definition) is 0. The second kappa shape index (κ2) is 9.57. The number of aryl methyl sites for hydroxylation is 1. The average molecular weight is 464 g/mol. The molecule has 0 spiro atoms. The van der Waals surface area contributed by atoms with Crippen LogP contribution >= 0.6 is 0 Å². The largest absolute Gasteiger partial charge is 0.573 e. The first-order valence-corrected chi connectivity index (χ1v) is 10.3. The first kappa shape index (κ1) is 22.7. The van der Waals surface area contributed by atoms with E-state index in [9.17, 15) is 18.0 Å². The van der Waals surface area contributed by atoms with Gasteiger partial charge < -0.3 is 24.0 Å². The minimum absolute atomic E-state index is 0.0605. The minimum atomic E-state index is -4.74. The Morgan fingerprint density at radius 3 is 2.67 bits per heavy atom. The number of morpholine rings is 1. The third-order valence-corrected chi connectivity index (χ3v) is 5.14. The van der Waals surface area contributed by atoms with E-state index in [1.54, 1.807) is 35.0 Å². The van der Waals surface area contributed by atoms with Crippen LogP contribution in [0.1, 0.15) is 5.56 Å². The van der Waals surface area contributed by atoms with Crippen molar-refractivity contribution in [3.05, 3.63) is 60.3 Å². The maximum Gasteiger partial charge on any atom is 0.573 e. The Labute approximate surface area is 188 Å². The van der Waals surface area contributed by atoms with Crippen LogP contribution in [0, 0.1) is 0 Å². The maximum atomic E-state index is 12.4. The zero-order chi connectivity index (χ0) is 23.4. The van der Waals surface area contributed by atoms with Crippen LogP contribution in [0.3, 0.4) is 0 Å². The zero-order valence-corrected chi connectivity index (χ0v) is 17.9. The molecule has 0 unspecified atom stereocenters. The minimum Gasteiger partial charge on any atom is -0.491 e. The first-order chi connectivity index (χ1) is 15.8. The van der Waals surface area contributed by atoms with Crippen molar-refractivity contribution < 1.29 is 32.2 Å². The highest BCUT2D eigenvalue weighted by Crippen LogP contribution is 2.31. The van der Waals surface area contributed by atoms with E-state index >= 15 is 0 Å². The predicted molar refractivity (Wildman–Crippen MR) is 113 cm³/mol. The predicted octanol–water partition coefficient (Wildman–Crippen LogP) is 2.94. The topological polar surface area (TPSA) is 69.1 Å². The number of carbonyl (C=O) groups is 1. The summed E-state index contributed by atoms with van der Waals surface area (Å²) in [6, 6.07) is 5.66. The van der Waals surface area contributed by atoms with E-state index < -0.39 is 6.36 Å². The molecule has 0 radical (unpaired) electrons. The molecule has 0 bridgehead atoms. The van der Waals surface area contributed by atoms with E-state index in [1.165, 1.54) is 12.1 Å². The summed E-state index contributed by atoms with van der Waals surface area (Å²) in [4.78, 5) is 15.5. The standard InChI is InChI=1S/C22H23F3N4O4/c1-27-13-16(12-26-27)19-14-29(17-2-4-18(5-3-17)33-22(23,24)25)7-6-20(19)32-11-9-28-8-10-31-15-21(28)30/h2-6,12-14H,7-11,15H2,1H3. The quantitative estimate of drug-likeness (QED) is 0.628. The van der Waals surface area contributed by atoms with Gasteiger partial charge in [-0.15, -0.1) is 13.2 Å². The van der Waals surface area contributed by atoms with Crippen LogP contribution in [0.5, 0.6) is 5.75 Å².